The monoisotopic (exact) mass is 527 g/mol. The van der Waals surface area contributed by atoms with E-state index in [9.17, 15) is 22.8 Å². The number of hydrogen-bond donors (Lipinski definition) is 0. The van der Waals surface area contributed by atoms with E-state index in [2.05, 4.69) is 29.2 Å². The molecular formula is C30H36F3N3O2. The predicted molar refractivity (Wildman–Crippen MR) is 139 cm³/mol. The Kier molecular flexibility index (Phi) is 7.54. The summed E-state index contributed by atoms with van der Waals surface area (Å²) in [7, 11) is 0. The minimum Gasteiger partial charge on any atom is -0.342 e. The SMILES string of the molecule is CCC(=O)N1CC(CN2CCC3(CC2)CCN(Cc2ccc(C(F)(F)F)cc2)C3=O)[C@@H](c2ccccc2)C1. The Balaban J connectivity index is 1.18. The van der Waals surface area contributed by atoms with E-state index in [0.29, 0.717) is 31.3 Å². The zero-order chi connectivity index (χ0) is 26.9. The molecule has 2 amide bonds. The maximum absolute atomic E-state index is 13.4. The molecule has 0 N–H and O–H groups in total. The van der Waals surface area contributed by atoms with E-state index in [1.807, 2.05) is 22.8 Å². The number of alkyl halides is 3. The van der Waals surface area contributed by atoms with Crippen molar-refractivity contribution in [2.24, 2.45) is 11.3 Å². The highest BCUT2D eigenvalue weighted by Crippen LogP contribution is 2.43. The third-order valence-corrected chi connectivity index (χ3v) is 8.89. The normalized spacial score (nSPS) is 23.9. The lowest BCUT2D eigenvalue weighted by atomic mass is 9.76. The second-order valence-electron chi connectivity index (χ2n) is 11.2. The molecule has 5 rings (SSSR count). The van der Waals surface area contributed by atoms with Gasteiger partial charge in [0.25, 0.3) is 0 Å². The number of rotatable bonds is 6. The first-order valence-electron chi connectivity index (χ1n) is 13.7. The fraction of sp³-hybridized carbons (Fsp3) is 0.533. The summed E-state index contributed by atoms with van der Waals surface area (Å²) < 4.78 is 38.6. The molecular weight excluding hydrogens is 491 g/mol. The van der Waals surface area contributed by atoms with Gasteiger partial charge in [-0.2, -0.15) is 13.2 Å². The number of amides is 2. The largest absolute Gasteiger partial charge is 0.416 e. The van der Waals surface area contributed by atoms with Crippen LogP contribution in [0.15, 0.2) is 54.6 Å². The second kappa shape index (κ2) is 10.7. The Bertz CT molecular complexity index is 1130. The number of nitrogens with zero attached hydrogens (tertiary/aromatic N) is 3. The highest BCUT2D eigenvalue weighted by molar-refractivity contribution is 5.85. The molecule has 3 aliphatic heterocycles. The predicted octanol–water partition coefficient (Wildman–Crippen LogP) is 5.17. The van der Waals surface area contributed by atoms with E-state index < -0.39 is 11.7 Å². The number of hydrogen-bond acceptors (Lipinski definition) is 3. The molecule has 1 unspecified atom stereocenters. The van der Waals surface area contributed by atoms with Crippen LogP contribution in [0.25, 0.3) is 0 Å². The topological polar surface area (TPSA) is 43.9 Å². The zero-order valence-corrected chi connectivity index (χ0v) is 21.9. The van der Waals surface area contributed by atoms with Gasteiger partial charge in [0, 0.05) is 45.1 Å². The van der Waals surface area contributed by atoms with Crippen LogP contribution in [-0.4, -0.2) is 65.8 Å². The van der Waals surface area contributed by atoms with Crippen LogP contribution >= 0.6 is 0 Å². The van der Waals surface area contributed by atoms with Crippen LogP contribution in [0.5, 0.6) is 0 Å². The lowest BCUT2D eigenvalue weighted by Gasteiger charge is -2.39. The van der Waals surface area contributed by atoms with Gasteiger partial charge in [0.1, 0.15) is 0 Å². The summed E-state index contributed by atoms with van der Waals surface area (Å²) in [5.41, 5.74) is 0.973. The molecule has 3 saturated heterocycles. The van der Waals surface area contributed by atoms with Gasteiger partial charge in [-0.1, -0.05) is 49.4 Å². The van der Waals surface area contributed by atoms with Crippen LogP contribution in [0.1, 0.15) is 55.2 Å². The fourth-order valence-electron chi connectivity index (χ4n) is 6.58. The fourth-order valence-corrected chi connectivity index (χ4v) is 6.58. The lowest BCUT2D eigenvalue weighted by Crippen LogP contribution is -2.46. The molecule has 1 spiro atoms. The Morgan fingerprint density at radius 3 is 2.24 bits per heavy atom. The van der Waals surface area contributed by atoms with Gasteiger partial charge in [-0.3, -0.25) is 9.59 Å². The summed E-state index contributed by atoms with van der Waals surface area (Å²) in [5, 5.41) is 0. The molecule has 5 nitrogen and oxygen atoms in total. The van der Waals surface area contributed by atoms with Gasteiger partial charge in [0.05, 0.1) is 11.0 Å². The molecule has 38 heavy (non-hydrogen) atoms. The molecule has 0 aromatic heterocycles. The molecule has 2 aromatic carbocycles. The van der Waals surface area contributed by atoms with Crippen LogP contribution in [0, 0.1) is 11.3 Å². The number of benzene rings is 2. The summed E-state index contributed by atoms with van der Waals surface area (Å²) in [6.07, 6.45) is -1.44. The molecule has 2 aromatic rings. The number of halogens is 3. The Morgan fingerprint density at radius 1 is 0.947 bits per heavy atom. The van der Waals surface area contributed by atoms with Crippen molar-refractivity contribution in [2.45, 2.75) is 51.2 Å². The van der Waals surface area contributed by atoms with Gasteiger partial charge < -0.3 is 14.7 Å². The highest BCUT2D eigenvalue weighted by atomic mass is 19.4. The summed E-state index contributed by atoms with van der Waals surface area (Å²) in [5.74, 6) is 1.02. The molecule has 0 saturated carbocycles. The summed E-state index contributed by atoms with van der Waals surface area (Å²) in [6.45, 7) is 7.05. The van der Waals surface area contributed by atoms with Crippen molar-refractivity contribution in [2.75, 3.05) is 39.3 Å². The van der Waals surface area contributed by atoms with Crippen molar-refractivity contribution in [3.63, 3.8) is 0 Å². The summed E-state index contributed by atoms with van der Waals surface area (Å²) in [4.78, 5) is 32.2. The van der Waals surface area contributed by atoms with Crippen molar-refractivity contribution >= 4 is 11.8 Å². The van der Waals surface area contributed by atoms with Crippen LogP contribution in [0.2, 0.25) is 0 Å². The van der Waals surface area contributed by atoms with E-state index >= 15 is 0 Å². The van der Waals surface area contributed by atoms with E-state index in [1.165, 1.54) is 17.7 Å². The maximum Gasteiger partial charge on any atom is 0.416 e. The van der Waals surface area contributed by atoms with Crippen LogP contribution in [0.3, 0.4) is 0 Å². The van der Waals surface area contributed by atoms with Crippen molar-refractivity contribution in [3.8, 4) is 0 Å². The average molecular weight is 528 g/mol. The number of likely N-dealkylation sites (tertiary alicyclic amines) is 3. The molecule has 204 valence electrons. The second-order valence-corrected chi connectivity index (χ2v) is 11.2. The molecule has 8 heteroatoms. The molecule has 3 fully saturated rings. The lowest BCUT2D eigenvalue weighted by molar-refractivity contribution is -0.139. The van der Waals surface area contributed by atoms with E-state index in [1.54, 1.807) is 0 Å². The van der Waals surface area contributed by atoms with E-state index in [-0.39, 0.29) is 17.2 Å². The third kappa shape index (κ3) is 5.46. The quantitative estimate of drug-likeness (QED) is 0.521. The van der Waals surface area contributed by atoms with Crippen LogP contribution in [0.4, 0.5) is 13.2 Å². The molecule has 0 aliphatic carbocycles. The minimum absolute atomic E-state index is 0.139. The molecule has 0 radical (unpaired) electrons. The standard InChI is InChI=1S/C30H36F3N3O2/c1-2-27(37)36-20-24(26(21-36)23-6-4-3-5-7-23)19-34-15-12-29(13-16-34)14-17-35(28(29)38)18-22-8-10-25(11-9-22)30(31,32)33/h3-11,24,26H,2,12-21H2,1H3/t24?,26-/m1/s1. The molecule has 0 bridgehead atoms. The van der Waals surface area contributed by atoms with Crippen molar-refractivity contribution < 1.29 is 22.8 Å². The zero-order valence-electron chi connectivity index (χ0n) is 21.9. The Labute approximate surface area is 222 Å². The maximum atomic E-state index is 13.4. The first-order chi connectivity index (χ1) is 18.2. The smallest absolute Gasteiger partial charge is 0.342 e. The van der Waals surface area contributed by atoms with E-state index in [0.717, 1.165) is 69.7 Å². The Hall–Kier alpha value is -2.87. The first-order valence-corrected chi connectivity index (χ1v) is 13.7. The van der Waals surface area contributed by atoms with Gasteiger partial charge in [0.15, 0.2) is 0 Å². The van der Waals surface area contributed by atoms with Crippen molar-refractivity contribution in [1.82, 2.24) is 14.7 Å². The van der Waals surface area contributed by atoms with Gasteiger partial charge in [-0.05, 0) is 61.5 Å². The van der Waals surface area contributed by atoms with Gasteiger partial charge in [-0.15, -0.1) is 0 Å². The minimum atomic E-state index is -4.36. The Morgan fingerprint density at radius 2 is 1.61 bits per heavy atom. The number of piperidine rings is 1. The van der Waals surface area contributed by atoms with Crippen molar-refractivity contribution in [3.05, 3.63) is 71.3 Å². The molecule has 3 heterocycles. The average Bonchev–Trinajstić information content (AvgIpc) is 3.47. The van der Waals surface area contributed by atoms with Crippen molar-refractivity contribution in [1.29, 1.82) is 0 Å². The van der Waals surface area contributed by atoms with Gasteiger partial charge in [-0.25, -0.2) is 0 Å². The van der Waals surface area contributed by atoms with Crippen LogP contribution < -0.4 is 0 Å². The van der Waals surface area contributed by atoms with Gasteiger partial charge >= 0.3 is 6.18 Å². The number of carbonyl (C=O) groups excluding carboxylic acids is 2. The third-order valence-electron chi connectivity index (χ3n) is 8.89. The van der Waals surface area contributed by atoms with Gasteiger partial charge in [0.2, 0.25) is 11.8 Å². The van der Waals surface area contributed by atoms with Crippen LogP contribution in [-0.2, 0) is 22.3 Å². The first kappa shape index (κ1) is 26.7. The molecule has 2 atom stereocenters. The molecule has 3 aliphatic rings. The summed E-state index contributed by atoms with van der Waals surface area (Å²) in [6, 6.07) is 15.6. The van der Waals surface area contributed by atoms with E-state index in [4.69, 9.17) is 0 Å². The highest BCUT2D eigenvalue weighted by Gasteiger charge is 2.48. The summed E-state index contributed by atoms with van der Waals surface area (Å²) >= 11 is 0. The number of carbonyl (C=O) groups is 2.